The second-order valence-electron chi connectivity index (χ2n) is 6.60. The van der Waals surface area contributed by atoms with Crippen molar-refractivity contribution in [2.45, 2.75) is 40.0 Å². The number of carbonyl (C=O) groups is 1. The van der Waals surface area contributed by atoms with Crippen LogP contribution in [-0.4, -0.2) is 16.0 Å². The fourth-order valence-corrected chi connectivity index (χ4v) is 2.41. The van der Waals surface area contributed by atoms with Crippen molar-refractivity contribution in [3.8, 4) is 0 Å². The second-order valence-corrected chi connectivity index (χ2v) is 6.60. The number of carbonyl (C=O) groups excluding carboxylic acids is 1. The fraction of sp³-hybridized carbons (Fsp3) is 0.353. The lowest BCUT2D eigenvalue weighted by Crippen LogP contribution is -2.13. The van der Waals surface area contributed by atoms with Gasteiger partial charge in [-0.1, -0.05) is 32.0 Å². The summed E-state index contributed by atoms with van der Waals surface area (Å²) in [5.41, 5.74) is 3.46. The molecule has 0 saturated heterocycles. The van der Waals surface area contributed by atoms with Crippen molar-refractivity contribution in [2.24, 2.45) is 0 Å². The molecule has 6 heteroatoms. The van der Waals surface area contributed by atoms with Crippen LogP contribution in [0.2, 0.25) is 0 Å². The summed E-state index contributed by atoms with van der Waals surface area (Å²) < 4.78 is 10.6. The Morgan fingerprint density at radius 1 is 1.22 bits per heavy atom. The highest BCUT2D eigenvalue weighted by atomic mass is 16.5. The third-order valence-corrected chi connectivity index (χ3v) is 3.73. The molecule has 0 unspecified atom stereocenters. The SMILES string of the molecule is Cc1noc(C)c1C(=O)Nc1nc2cc(C(C)(C)C)ccc2o1. The van der Waals surface area contributed by atoms with Gasteiger partial charge in [0.1, 0.15) is 16.8 Å². The molecule has 6 nitrogen and oxygen atoms in total. The predicted octanol–water partition coefficient (Wildman–Crippen LogP) is 3.98. The van der Waals surface area contributed by atoms with E-state index in [0.717, 1.165) is 5.56 Å². The zero-order valence-electron chi connectivity index (χ0n) is 13.9. The van der Waals surface area contributed by atoms with Gasteiger partial charge in [-0.05, 0) is 37.0 Å². The lowest BCUT2D eigenvalue weighted by atomic mass is 9.87. The van der Waals surface area contributed by atoms with E-state index in [0.29, 0.717) is 28.1 Å². The van der Waals surface area contributed by atoms with Gasteiger partial charge in [-0.3, -0.25) is 10.1 Å². The van der Waals surface area contributed by atoms with Crippen molar-refractivity contribution in [3.05, 3.63) is 40.8 Å². The molecule has 0 aliphatic carbocycles. The normalized spacial score (nSPS) is 11.9. The number of aryl methyl sites for hydroxylation is 2. The van der Waals surface area contributed by atoms with Crippen LogP contribution in [0.15, 0.2) is 27.1 Å². The Hall–Kier alpha value is -2.63. The molecule has 0 radical (unpaired) electrons. The van der Waals surface area contributed by atoms with Crippen LogP contribution < -0.4 is 5.32 Å². The van der Waals surface area contributed by atoms with Gasteiger partial charge < -0.3 is 8.94 Å². The van der Waals surface area contributed by atoms with Crippen molar-refractivity contribution >= 4 is 23.0 Å². The Morgan fingerprint density at radius 2 is 1.96 bits per heavy atom. The number of nitrogens with one attached hydrogen (secondary N) is 1. The van der Waals surface area contributed by atoms with Crippen molar-refractivity contribution < 1.29 is 13.7 Å². The van der Waals surface area contributed by atoms with Crippen molar-refractivity contribution in [1.29, 1.82) is 0 Å². The summed E-state index contributed by atoms with van der Waals surface area (Å²) in [6.07, 6.45) is 0. The number of amides is 1. The average Bonchev–Trinajstić information content (AvgIpc) is 2.99. The number of hydrogen-bond donors (Lipinski definition) is 1. The number of benzene rings is 1. The number of nitrogens with zero attached hydrogens (tertiary/aromatic N) is 2. The molecule has 0 spiro atoms. The van der Waals surface area contributed by atoms with Gasteiger partial charge in [0.2, 0.25) is 0 Å². The predicted molar refractivity (Wildman–Crippen MR) is 86.6 cm³/mol. The van der Waals surface area contributed by atoms with Gasteiger partial charge in [0.25, 0.3) is 5.91 Å². The Labute approximate surface area is 133 Å². The fourth-order valence-electron chi connectivity index (χ4n) is 2.41. The Bertz CT molecular complexity index is 865. The van der Waals surface area contributed by atoms with E-state index in [1.807, 2.05) is 18.2 Å². The number of oxazole rings is 1. The van der Waals surface area contributed by atoms with E-state index in [9.17, 15) is 4.79 Å². The first-order chi connectivity index (χ1) is 10.8. The smallest absolute Gasteiger partial charge is 0.302 e. The second kappa shape index (κ2) is 5.22. The Balaban J connectivity index is 1.91. The minimum Gasteiger partial charge on any atom is -0.423 e. The lowest BCUT2D eigenvalue weighted by molar-refractivity contribution is 0.102. The molecule has 1 aromatic carbocycles. The van der Waals surface area contributed by atoms with E-state index < -0.39 is 0 Å². The highest BCUT2D eigenvalue weighted by Gasteiger charge is 2.20. The van der Waals surface area contributed by atoms with Crippen LogP contribution in [0.25, 0.3) is 11.1 Å². The van der Waals surface area contributed by atoms with Gasteiger partial charge in [0.05, 0.1) is 5.69 Å². The van der Waals surface area contributed by atoms with E-state index in [1.165, 1.54) is 0 Å². The maximum Gasteiger partial charge on any atom is 0.302 e. The summed E-state index contributed by atoms with van der Waals surface area (Å²) in [6.45, 7) is 9.81. The van der Waals surface area contributed by atoms with E-state index in [-0.39, 0.29) is 17.3 Å². The summed E-state index contributed by atoms with van der Waals surface area (Å²) in [5, 5.41) is 6.43. The Morgan fingerprint density at radius 3 is 2.57 bits per heavy atom. The van der Waals surface area contributed by atoms with Crippen LogP contribution in [-0.2, 0) is 5.41 Å². The molecule has 1 N–H and O–H groups in total. The van der Waals surface area contributed by atoms with Crippen LogP contribution in [0.3, 0.4) is 0 Å². The molecule has 2 aromatic heterocycles. The van der Waals surface area contributed by atoms with Gasteiger partial charge in [-0.2, -0.15) is 4.98 Å². The maximum absolute atomic E-state index is 12.3. The largest absolute Gasteiger partial charge is 0.423 e. The molecule has 0 bridgehead atoms. The molecule has 0 fully saturated rings. The van der Waals surface area contributed by atoms with Crippen molar-refractivity contribution in [1.82, 2.24) is 10.1 Å². The molecule has 0 atom stereocenters. The standard InChI is InChI=1S/C17H19N3O3/c1-9-14(10(2)23-20-9)15(21)19-16-18-12-8-11(17(3,4)5)6-7-13(12)22-16/h6-8H,1-5H3,(H,18,19,21). The first-order valence-electron chi connectivity index (χ1n) is 7.41. The summed E-state index contributed by atoms with van der Waals surface area (Å²) in [5.74, 6) is 0.120. The molecule has 2 heterocycles. The van der Waals surface area contributed by atoms with Gasteiger partial charge >= 0.3 is 6.01 Å². The molecule has 0 aliphatic heterocycles. The lowest BCUT2D eigenvalue weighted by Gasteiger charge is -2.18. The van der Waals surface area contributed by atoms with E-state index in [4.69, 9.17) is 8.94 Å². The van der Waals surface area contributed by atoms with Gasteiger partial charge in [-0.15, -0.1) is 0 Å². The monoisotopic (exact) mass is 313 g/mol. The molecule has 3 rings (SSSR count). The van der Waals surface area contributed by atoms with Crippen molar-refractivity contribution in [3.63, 3.8) is 0 Å². The maximum atomic E-state index is 12.3. The first-order valence-corrected chi connectivity index (χ1v) is 7.41. The number of fused-ring (bicyclic) bond motifs is 1. The molecule has 1 amide bonds. The van der Waals surface area contributed by atoms with Crippen molar-refractivity contribution in [2.75, 3.05) is 5.32 Å². The zero-order chi connectivity index (χ0) is 16.8. The van der Waals surface area contributed by atoms with Crippen LogP contribution >= 0.6 is 0 Å². The molecule has 0 aliphatic rings. The Kier molecular flexibility index (Phi) is 3.47. The third kappa shape index (κ3) is 2.84. The molecule has 0 saturated carbocycles. The van der Waals surface area contributed by atoms with Gasteiger partial charge in [0.15, 0.2) is 5.58 Å². The summed E-state index contributed by atoms with van der Waals surface area (Å²) in [7, 11) is 0. The van der Waals surface area contributed by atoms with E-state index in [1.54, 1.807) is 13.8 Å². The number of anilines is 1. The minimum atomic E-state index is -0.344. The van der Waals surface area contributed by atoms with E-state index in [2.05, 4.69) is 36.2 Å². The molecular weight excluding hydrogens is 294 g/mol. The summed E-state index contributed by atoms with van der Waals surface area (Å²) >= 11 is 0. The average molecular weight is 313 g/mol. The van der Waals surface area contributed by atoms with Crippen LogP contribution in [0.1, 0.15) is 48.1 Å². The summed E-state index contributed by atoms with van der Waals surface area (Å²) in [6, 6.07) is 6.02. The van der Waals surface area contributed by atoms with Gasteiger partial charge in [0, 0.05) is 0 Å². The number of hydrogen-bond acceptors (Lipinski definition) is 5. The topological polar surface area (TPSA) is 81.2 Å². The summed E-state index contributed by atoms with van der Waals surface area (Å²) in [4.78, 5) is 16.7. The number of rotatable bonds is 2. The van der Waals surface area contributed by atoms with Crippen LogP contribution in [0.4, 0.5) is 6.01 Å². The zero-order valence-corrected chi connectivity index (χ0v) is 13.9. The quantitative estimate of drug-likeness (QED) is 0.774. The van der Waals surface area contributed by atoms with Crippen LogP contribution in [0.5, 0.6) is 0 Å². The minimum absolute atomic E-state index is 0.0211. The number of aromatic nitrogens is 2. The van der Waals surface area contributed by atoms with Gasteiger partial charge in [-0.25, -0.2) is 0 Å². The molecule has 23 heavy (non-hydrogen) atoms. The molecular formula is C17H19N3O3. The van der Waals surface area contributed by atoms with Crippen LogP contribution in [0, 0.1) is 13.8 Å². The molecule has 3 aromatic rings. The van der Waals surface area contributed by atoms with E-state index >= 15 is 0 Å². The first kappa shape index (κ1) is 15.3. The molecule has 120 valence electrons. The highest BCUT2D eigenvalue weighted by molar-refractivity contribution is 6.04. The highest BCUT2D eigenvalue weighted by Crippen LogP contribution is 2.27. The third-order valence-electron chi connectivity index (χ3n) is 3.73.